The van der Waals surface area contributed by atoms with E-state index in [0.717, 1.165) is 11.3 Å². The Bertz CT molecular complexity index is 1390. The third-order valence-electron chi connectivity index (χ3n) is 5.47. The molecule has 2 atom stereocenters. The normalized spacial score (nSPS) is 12.8. The van der Waals surface area contributed by atoms with Crippen molar-refractivity contribution in [3.05, 3.63) is 93.0 Å². The number of aromatic hydroxyl groups is 1. The average Bonchev–Trinajstić information content (AvgIpc) is 3.33. The van der Waals surface area contributed by atoms with Crippen LogP contribution in [0.25, 0.3) is 0 Å². The monoisotopic (exact) mass is 480 g/mol. The Balaban J connectivity index is 1.84. The number of halogens is 1. The summed E-state index contributed by atoms with van der Waals surface area (Å²) < 4.78 is 5.91. The molecule has 2 N–H and O–H groups in total. The molecule has 1 aromatic carbocycles. The zero-order valence-electron chi connectivity index (χ0n) is 18.6. The van der Waals surface area contributed by atoms with Crippen LogP contribution in [0.2, 0.25) is 5.02 Å². The maximum absolute atomic E-state index is 12.8. The molecule has 0 fully saturated rings. The second kappa shape index (κ2) is 9.44. The maximum atomic E-state index is 12.8. The van der Waals surface area contributed by atoms with E-state index in [1.165, 1.54) is 24.1 Å². The Morgan fingerprint density at radius 2 is 1.97 bits per heavy atom. The third-order valence-corrected chi connectivity index (χ3v) is 5.82. The van der Waals surface area contributed by atoms with Crippen LogP contribution in [0.4, 0.5) is 5.69 Å². The molecule has 0 saturated heterocycles. The van der Waals surface area contributed by atoms with E-state index in [1.54, 1.807) is 18.5 Å². The highest BCUT2D eigenvalue weighted by Gasteiger charge is 2.31. The second-order valence-electron chi connectivity index (χ2n) is 7.77. The summed E-state index contributed by atoms with van der Waals surface area (Å²) in [7, 11) is 1.48. The van der Waals surface area contributed by atoms with Crippen LogP contribution in [0.5, 0.6) is 5.75 Å². The fourth-order valence-corrected chi connectivity index (χ4v) is 4.01. The molecule has 0 aliphatic heterocycles. The number of nitrogens with zero attached hydrogens (tertiary/aromatic N) is 5. The summed E-state index contributed by atoms with van der Waals surface area (Å²) in [5.41, 5.74) is 1.19. The Morgan fingerprint density at radius 1 is 1.21 bits per heavy atom. The SMILES string of the molecule is Cc1cnc([C@@H](c2ccccc2Cl)[C@H](C)c2nc(C(=O)Nc3cnoc3)c(O)c(=O)n2C)cn1. The summed E-state index contributed by atoms with van der Waals surface area (Å²) in [6.45, 7) is 3.67. The number of hydrogen-bond acceptors (Lipinski definition) is 8. The minimum atomic E-state index is -0.781. The van der Waals surface area contributed by atoms with Gasteiger partial charge in [0.2, 0.25) is 5.75 Å². The fourth-order valence-electron chi connectivity index (χ4n) is 3.75. The maximum Gasteiger partial charge on any atom is 0.296 e. The molecule has 3 aromatic heterocycles. The minimum Gasteiger partial charge on any atom is -0.501 e. The van der Waals surface area contributed by atoms with Gasteiger partial charge in [-0.3, -0.25) is 24.1 Å². The molecule has 4 rings (SSSR count). The van der Waals surface area contributed by atoms with Crippen molar-refractivity contribution in [2.45, 2.75) is 25.7 Å². The van der Waals surface area contributed by atoms with Crippen LogP contribution >= 0.6 is 11.6 Å². The lowest BCUT2D eigenvalue weighted by atomic mass is 9.84. The minimum absolute atomic E-state index is 0.255. The first-order valence-corrected chi connectivity index (χ1v) is 10.7. The van der Waals surface area contributed by atoms with Crippen LogP contribution in [0.1, 0.15) is 52.0 Å². The van der Waals surface area contributed by atoms with Gasteiger partial charge in [0.05, 0.1) is 17.6 Å². The lowest BCUT2D eigenvalue weighted by Gasteiger charge is -2.26. The zero-order chi connectivity index (χ0) is 24.4. The van der Waals surface area contributed by atoms with Gasteiger partial charge in [-0.1, -0.05) is 41.9 Å². The molecular formula is C23H21ClN6O4. The van der Waals surface area contributed by atoms with Crippen molar-refractivity contribution in [3.8, 4) is 5.75 Å². The van der Waals surface area contributed by atoms with E-state index in [-0.39, 0.29) is 11.5 Å². The largest absolute Gasteiger partial charge is 0.501 e. The molecule has 0 unspecified atom stereocenters. The van der Waals surface area contributed by atoms with Crippen LogP contribution in [-0.2, 0) is 7.05 Å². The first-order chi connectivity index (χ1) is 16.3. The Morgan fingerprint density at radius 3 is 2.62 bits per heavy atom. The van der Waals surface area contributed by atoms with Gasteiger partial charge in [0.15, 0.2) is 5.69 Å². The number of anilines is 1. The molecule has 1 amide bonds. The van der Waals surface area contributed by atoms with Gasteiger partial charge in [-0.15, -0.1) is 0 Å². The highest BCUT2D eigenvalue weighted by atomic mass is 35.5. The first-order valence-electron chi connectivity index (χ1n) is 10.3. The standard InChI is InChI=1S/C23H21ClN6O4/c1-12-8-26-17(10-25-12)18(15-6-4-5-7-16(15)24)13(2)21-29-19(20(31)23(33)30(21)3)22(32)28-14-9-27-34-11-14/h4-11,13,18,31H,1-3H3,(H,28,32)/t13-,18+/m0/s1. The molecule has 4 aromatic rings. The molecule has 0 spiro atoms. The summed E-state index contributed by atoms with van der Waals surface area (Å²) >= 11 is 6.53. The highest BCUT2D eigenvalue weighted by molar-refractivity contribution is 6.31. The van der Waals surface area contributed by atoms with Crippen molar-refractivity contribution in [1.82, 2.24) is 24.7 Å². The molecule has 0 bridgehead atoms. The van der Waals surface area contributed by atoms with E-state index in [2.05, 4.69) is 25.4 Å². The molecule has 174 valence electrons. The van der Waals surface area contributed by atoms with Gasteiger partial charge < -0.3 is 14.9 Å². The first kappa shape index (κ1) is 23.1. The van der Waals surface area contributed by atoms with Gasteiger partial charge in [0.1, 0.15) is 17.8 Å². The highest BCUT2D eigenvalue weighted by Crippen LogP contribution is 2.39. The van der Waals surface area contributed by atoms with Crippen LogP contribution in [0.15, 0.2) is 58.4 Å². The van der Waals surface area contributed by atoms with Crippen molar-refractivity contribution in [2.24, 2.45) is 7.05 Å². The van der Waals surface area contributed by atoms with Crippen molar-refractivity contribution in [1.29, 1.82) is 0 Å². The van der Waals surface area contributed by atoms with Crippen molar-refractivity contribution in [3.63, 3.8) is 0 Å². The molecule has 3 heterocycles. The van der Waals surface area contributed by atoms with E-state index in [9.17, 15) is 14.7 Å². The molecule has 0 saturated carbocycles. The van der Waals surface area contributed by atoms with Gasteiger partial charge >= 0.3 is 0 Å². The van der Waals surface area contributed by atoms with Crippen LogP contribution < -0.4 is 10.9 Å². The van der Waals surface area contributed by atoms with Crippen LogP contribution in [-0.4, -0.2) is 35.7 Å². The molecule has 34 heavy (non-hydrogen) atoms. The zero-order valence-corrected chi connectivity index (χ0v) is 19.3. The molecule has 0 radical (unpaired) electrons. The number of hydrogen-bond donors (Lipinski definition) is 2. The summed E-state index contributed by atoms with van der Waals surface area (Å²) in [4.78, 5) is 38.9. The number of nitrogens with one attached hydrogen (secondary N) is 1. The predicted molar refractivity (Wildman–Crippen MR) is 124 cm³/mol. The number of carbonyl (C=O) groups excluding carboxylic acids is 1. The number of benzene rings is 1. The topological polar surface area (TPSA) is 136 Å². The van der Waals surface area contributed by atoms with Crippen molar-refractivity contribution in [2.75, 3.05) is 5.32 Å². The van der Waals surface area contributed by atoms with E-state index >= 15 is 0 Å². The molecule has 11 heteroatoms. The summed E-state index contributed by atoms with van der Waals surface area (Å²) in [6, 6.07) is 7.29. The van der Waals surface area contributed by atoms with Crippen molar-refractivity contribution >= 4 is 23.2 Å². The van der Waals surface area contributed by atoms with Crippen LogP contribution in [0, 0.1) is 6.92 Å². The molecule has 0 aliphatic rings. The van der Waals surface area contributed by atoms with Gasteiger partial charge in [-0.25, -0.2) is 4.98 Å². The van der Waals surface area contributed by atoms with E-state index in [4.69, 9.17) is 16.1 Å². The number of aromatic nitrogens is 5. The Kier molecular flexibility index (Phi) is 6.42. The third kappa shape index (κ3) is 4.40. The second-order valence-corrected chi connectivity index (χ2v) is 8.18. The molecule has 10 nitrogen and oxygen atoms in total. The van der Waals surface area contributed by atoms with Gasteiger partial charge in [-0.2, -0.15) is 0 Å². The van der Waals surface area contributed by atoms with Gasteiger partial charge in [-0.05, 0) is 18.6 Å². The van der Waals surface area contributed by atoms with E-state index in [0.29, 0.717) is 10.7 Å². The summed E-state index contributed by atoms with van der Waals surface area (Å²) in [6.07, 6.45) is 5.79. The van der Waals surface area contributed by atoms with Gasteiger partial charge in [0.25, 0.3) is 11.5 Å². The summed E-state index contributed by atoms with van der Waals surface area (Å²) in [5, 5.41) is 16.9. The molecule has 0 aliphatic carbocycles. The number of carbonyl (C=O) groups is 1. The van der Waals surface area contributed by atoms with Crippen LogP contribution in [0.3, 0.4) is 0 Å². The lowest BCUT2D eigenvalue weighted by Crippen LogP contribution is -2.29. The van der Waals surface area contributed by atoms with E-state index < -0.39 is 34.7 Å². The number of aryl methyl sites for hydroxylation is 1. The quantitative estimate of drug-likeness (QED) is 0.428. The van der Waals surface area contributed by atoms with Gasteiger partial charge in [0, 0.05) is 36.3 Å². The smallest absolute Gasteiger partial charge is 0.296 e. The fraction of sp³-hybridized carbons (Fsp3) is 0.217. The lowest BCUT2D eigenvalue weighted by molar-refractivity contribution is 0.101. The number of amides is 1. The Hall–Kier alpha value is -4.05. The molecular weight excluding hydrogens is 460 g/mol. The van der Waals surface area contributed by atoms with Crippen molar-refractivity contribution < 1.29 is 14.4 Å². The Labute approximate surface area is 199 Å². The number of rotatable bonds is 6. The summed E-state index contributed by atoms with van der Waals surface area (Å²) in [5.74, 6) is -2.23. The predicted octanol–water partition coefficient (Wildman–Crippen LogP) is 3.41. The average molecular weight is 481 g/mol. The van der Waals surface area contributed by atoms with E-state index in [1.807, 2.05) is 32.0 Å².